The lowest BCUT2D eigenvalue weighted by atomic mass is 9.90. The first-order chi connectivity index (χ1) is 10.4. The van der Waals surface area contributed by atoms with Crippen LogP contribution in [0.1, 0.15) is 27.8 Å². The topological polar surface area (TPSA) is 23.8 Å². The van der Waals surface area contributed by atoms with Gasteiger partial charge in [0.25, 0.3) is 0 Å². The SMILES string of the molecule is N#Cc1c(C(F)(F)F)cc(C(F)(F)F)c(C(F)(F)F)c1C(F)(F)F. The zero-order valence-corrected chi connectivity index (χ0v) is 10.6. The third-order valence-electron chi connectivity index (χ3n) is 2.62. The van der Waals surface area contributed by atoms with E-state index in [-0.39, 0.29) is 6.07 Å². The number of halogens is 12. The highest BCUT2D eigenvalue weighted by Crippen LogP contribution is 2.50. The summed E-state index contributed by atoms with van der Waals surface area (Å²) in [5.74, 6) is 0. The highest BCUT2D eigenvalue weighted by Gasteiger charge is 2.54. The molecule has 0 amide bonds. The zero-order valence-electron chi connectivity index (χ0n) is 10.6. The number of benzene rings is 1. The van der Waals surface area contributed by atoms with Crippen LogP contribution in [0.5, 0.6) is 0 Å². The molecule has 0 heterocycles. The van der Waals surface area contributed by atoms with Gasteiger partial charge >= 0.3 is 24.7 Å². The quantitative estimate of drug-likeness (QED) is 0.539. The van der Waals surface area contributed by atoms with Crippen molar-refractivity contribution in [3.8, 4) is 6.07 Å². The summed E-state index contributed by atoms with van der Waals surface area (Å²) < 4.78 is 152. The third-order valence-corrected chi connectivity index (χ3v) is 2.62. The Balaban J connectivity index is 4.27. The van der Waals surface area contributed by atoms with Crippen molar-refractivity contribution in [1.29, 1.82) is 5.26 Å². The van der Waals surface area contributed by atoms with Crippen molar-refractivity contribution >= 4 is 0 Å². The molecule has 0 saturated heterocycles. The molecule has 0 aliphatic heterocycles. The van der Waals surface area contributed by atoms with Gasteiger partial charge < -0.3 is 0 Å². The van der Waals surface area contributed by atoms with Gasteiger partial charge in [-0.05, 0) is 6.07 Å². The highest BCUT2D eigenvalue weighted by molar-refractivity contribution is 5.56. The first kappa shape index (κ1) is 19.9. The Morgan fingerprint density at radius 1 is 0.583 bits per heavy atom. The van der Waals surface area contributed by atoms with Crippen LogP contribution in [0.4, 0.5) is 52.7 Å². The van der Waals surface area contributed by atoms with Crippen LogP contribution in [0.25, 0.3) is 0 Å². The summed E-state index contributed by atoms with van der Waals surface area (Å²) in [6.45, 7) is 0. The molecule has 0 unspecified atom stereocenters. The molecule has 24 heavy (non-hydrogen) atoms. The summed E-state index contributed by atoms with van der Waals surface area (Å²) in [6, 6.07) is -0.895. The minimum Gasteiger partial charge on any atom is -0.192 e. The van der Waals surface area contributed by atoms with E-state index in [1.54, 1.807) is 0 Å². The third kappa shape index (κ3) is 3.68. The van der Waals surface area contributed by atoms with Crippen molar-refractivity contribution in [3.63, 3.8) is 0 Å². The molecule has 0 bridgehead atoms. The van der Waals surface area contributed by atoms with Gasteiger partial charge in [0, 0.05) is 0 Å². The molecule has 0 atom stereocenters. The van der Waals surface area contributed by atoms with Crippen LogP contribution < -0.4 is 0 Å². The predicted octanol–water partition coefficient (Wildman–Crippen LogP) is 5.63. The number of hydrogen-bond acceptors (Lipinski definition) is 1. The maximum absolute atomic E-state index is 12.8. The second-order valence-corrected chi connectivity index (χ2v) is 4.20. The molecule has 0 N–H and O–H groups in total. The number of alkyl halides is 12. The van der Waals surface area contributed by atoms with Gasteiger partial charge in [0.1, 0.15) is 6.07 Å². The number of nitriles is 1. The van der Waals surface area contributed by atoms with Crippen LogP contribution >= 0.6 is 0 Å². The molecule has 134 valence electrons. The van der Waals surface area contributed by atoms with Crippen LogP contribution in [0.2, 0.25) is 0 Å². The van der Waals surface area contributed by atoms with Gasteiger partial charge in [-0.1, -0.05) is 0 Å². The first-order valence-electron chi connectivity index (χ1n) is 5.32. The molecule has 0 aliphatic carbocycles. The molecule has 0 aliphatic rings. The van der Waals surface area contributed by atoms with Gasteiger partial charge in [0.15, 0.2) is 0 Å². The van der Waals surface area contributed by atoms with Gasteiger partial charge in [-0.15, -0.1) is 0 Å². The number of rotatable bonds is 0. The Bertz CT molecular complexity index is 680. The molecular weight excluding hydrogens is 374 g/mol. The fourth-order valence-corrected chi connectivity index (χ4v) is 1.82. The van der Waals surface area contributed by atoms with E-state index in [0.29, 0.717) is 0 Å². The van der Waals surface area contributed by atoms with Gasteiger partial charge in [0.2, 0.25) is 0 Å². The van der Waals surface area contributed by atoms with E-state index in [2.05, 4.69) is 0 Å². The van der Waals surface area contributed by atoms with Crippen LogP contribution in [-0.2, 0) is 24.7 Å². The molecule has 13 heteroatoms. The molecule has 0 fully saturated rings. The van der Waals surface area contributed by atoms with Crippen molar-refractivity contribution in [3.05, 3.63) is 33.9 Å². The van der Waals surface area contributed by atoms with Crippen LogP contribution in [0, 0.1) is 11.3 Å². The lowest BCUT2D eigenvalue weighted by Gasteiger charge is -2.24. The molecule has 0 aromatic heterocycles. The Hall–Kier alpha value is -2.13. The van der Waals surface area contributed by atoms with Crippen LogP contribution in [0.15, 0.2) is 6.07 Å². The molecular formula is C11HF12N. The minimum atomic E-state index is -6.31. The molecule has 1 aromatic carbocycles. The summed E-state index contributed by atoms with van der Waals surface area (Å²) in [7, 11) is 0. The average molecular weight is 375 g/mol. The summed E-state index contributed by atoms with van der Waals surface area (Å²) in [6.07, 6.45) is -24.7. The molecule has 1 aromatic rings. The summed E-state index contributed by atoms with van der Waals surface area (Å²) >= 11 is 0. The number of nitrogens with zero attached hydrogens (tertiary/aromatic N) is 1. The standard InChI is InChI=1S/C11HF12N/c12-8(13,14)4-1-5(9(15,16)17)7(11(21,22)23)6(3(4)2-24)10(18,19)20/h1H. The fraction of sp³-hybridized carbons (Fsp3) is 0.364. The van der Waals surface area contributed by atoms with E-state index >= 15 is 0 Å². The van der Waals surface area contributed by atoms with Crippen LogP contribution in [0.3, 0.4) is 0 Å². The van der Waals surface area contributed by atoms with Crippen LogP contribution in [-0.4, -0.2) is 0 Å². The van der Waals surface area contributed by atoms with E-state index in [0.717, 1.165) is 0 Å². The Kier molecular flexibility index (Phi) is 4.53. The van der Waals surface area contributed by atoms with Crippen molar-refractivity contribution in [2.45, 2.75) is 24.7 Å². The summed E-state index contributed by atoms with van der Waals surface area (Å²) in [4.78, 5) is 0. The van der Waals surface area contributed by atoms with Crippen molar-refractivity contribution in [2.24, 2.45) is 0 Å². The average Bonchev–Trinajstić information content (AvgIpc) is 2.31. The first-order valence-corrected chi connectivity index (χ1v) is 5.32. The van der Waals surface area contributed by atoms with E-state index < -0.39 is 58.6 Å². The summed E-state index contributed by atoms with van der Waals surface area (Å²) in [5, 5.41) is 8.41. The highest BCUT2D eigenvalue weighted by atomic mass is 19.4. The lowest BCUT2D eigenvalue weighted by molar-refractivity contribution is -0.176. The van der Waals surface area contributed by atoms with Crippen molar-refractivity contribution in [1.82, 2.24) is 0 Å². The van der Waals surface area contributed by atoms with Gasteiger partial charge in [-0.3, -0.25) is 0 Å². The van der Waals surface area contributed by atoms with E-state index in [1.165, 1.54) is 0 Å². The zero-order chi connectivity index (χ0) is 19.3. The molecule has 1 rings (SSSR count). The number of hydrogen-bond donors (Lipinski definition) is 0. The monoisotopic (exact) mass is 375 g/mol. The largest absolute Gasteiger partial charge is 0.418 e. The van der Waals surface area contributed by atoms with E-state index in [9.17, 15) is 52.7 Å². The summed E-state index contributed by atoms with van der Waals surface area (Å²) in [5.41, 5.74) is -15.3. The fourth-order valence-electron chi connectivity index (χ4n) is 1.82. The van der Waals surface area contributed by atoms with E-state index in [4.69, 9.17) is 5.26 Å². The Labute approximate surface area is 124 Å². The Morgan fingerprint density at radius 2 is 0.958 bits per heavy atom. The molecule has 0 radical (unpaired) electrons. The maximum atomic E-state index is 12.8. The minimum absolute atomic E-state index is 0.261. The Morgan fingerprint density at radius 3 is 1.21 bits per heavy atom. The maximum Gasteiger partial charge on any atom is 0.418 e. The second-order valence-electron chi connectivity index (χ2n) is 4.20. The van der Waals surface area contributed by atoms with E-state index in [1.807, 2.05) is 0 Å². The lowest BCUT2D eigenvalue weighted by Crippen LogP contribution is -2.27. The van der Waals surface area contributed by atoms with Crippen molar-refractivity contribution in [2.75, 3.05) is 0 Å². The van der Waals surface area contributed by atoms with Gasteiger partial charge in [0.05, 0.1) is 27.8 Å². The normalized spacial score (nSPS) is 13.8. The molecule has 0 saturated carbocycles. The molecule has 1 nitrogen and oxygen atoms in total. The second kappa shape index (κ2) is 5.45. The van der Waals surface area contributed by atoms with Crippen molar-refractivity contribution < 1.29 is 52.7 Å². The smallest absolute Gasteiger partial charge is 0.192 e. The molecule has 0 spiro atoms. The van der Waals surface area contributed by atoms with Gasteiger partial charge in [-0.2, -0.15) is 57.9 Å². The van der Waals surface area contributed by atoms with Gasteiger partial charge in [-0.25, -0.2) is 0 Å². The predicted molar refractivity (Wildman–Crippen MR) is 51.2 cm³/mol.